The molecule has 0 aromatic heterocycles. The summed E-state index contributed by atoms with van der Waals surface area (Å²) in [5, 5.41) is 2.80. The molecule has 20 heavy (non-hydrogen) atoms. The van der Waals surface area contributed by atoms with E-state index in [0.29, 0.717) is 18.5 Å². The van der Waals surface area contributed by atoms with Crippen LogP contribution in [0.1, 0.15) is 48.7 Å². The molecule has 0 spiro atoms. The normalized spacial score (nSPS) is 12.9. The fourth-order valence-electron chi connectivity index (χ4n) is 1.88. The van der Waals surface area contributed by atoms with Crippen LogP contribution in [0.2, 0.25) is 0 Å². The molecule has 0 heterocycles. The molecule has 1 unspecified atom stereocenters. The van der Waals surface area contributed by atoms with Crippen molar-refractivity contribution >= 4 is 15.9 Å². The van der Waals surface area contributed by atoms with Crippen molar-refractivity contribution in [3.63, 3.8) is 0 Å². The van der Waals surface area contributed by atoms with Crippen LogP contribution in [0.5, 0.6) is 0 Å². The number of hydrogen-bond donors (Lipinski definition) is 2. The fraction of sp³-hybridized carbons (Fsp3) is 0.500. The zero-order valence-corrected chi connectivity index (χ0v) is 13.0. The van der Waals surface area contributed by atoms with Crippen LogP contribution in [0.4, 0.5) is 0 Å². The molecule has 1 atom stereocenters. The topological polar surface area (TPSA) is 75.3 Å². The van der Waals surface area contributed by atoms with E-state index in [-0.39, 0.29) is 11.9 Å². The second-order valence-electron chi connectivity index (χ2n) is 4.73. The third kappa shape index (κ3) is 5.30. The van der Waals surface area contributed by atoms with E-state index in [9.17, 15) is 13.2 Å². The molecule has 0 radical (unpaired) electrons. The second kappa shape index (κ2) is 7.40. The van der Waals surface area contributed by atoms with Crippen molar-refractivity contribution in [1.82, 2.24) is 10.0 Å². The molecule has 0 bridgehead atoms. The fourth-order valence-corrected chi connectivity index (χ4v) is 2.70. The summed E-state index contributed by atoms with van der Waals surface area (Å²) in [4.78, 5) is 11.9. The van der Waals surface area contributed by atoms with Crippen molar-refractivity contribution < 1.29 is 13.2 Å². The number of sulfonamides is 1. The van der Waals surface area contributed by atoms with Crippen LogP contribution in [-0.2, 0) is 10.0 Å². The maximum Gasteiger partial charge on any atom is 0.251 e. The number of amides is 1. The average molecular weight is 298 g/mol. The third-order valence-electron chi connectivity index (χ3n) is 2.85. The van der Waals surface area contributed by atoms with Gasteiger partial charge in [-0.3, -0.25) is 4.79 Å². The summed E-state index contributed by atoms with van der Waals surface area (Å²) < 4.78 is 25.3. The predicted octanol–water partition coefficient (Wildman–Crippen LogP) is 1.83. The highest BCUT2D eigenvalue weighted by molar-refractivity contribution is 7.88. The van der Waals surface area contributed by atoms with Gasteiger partial charge in [0.05, 0.1) is 6.26 Å². The molecule has 0 aliphatic rings. The first-order valence-electron chi connectivity index (χ1n) is 6.72. The number of hydrogen-bond acceptors (Lipinski definition) is 3. The van der Waals surface area contributed by atoms with Crippen LogP contribution in [-0.4, -0.2) is 27.1 Å². The molecule has 6 heteroatoms. The monoisotopic (exact) mass is 298 g/mol. The number of benzene rings is 1. The summed E-state index contributed by atoms with van der Waals surface area (Å²) in [6.07, 6.45) is 2.62. The van der Waals surface area contributed by atoms with E-state index in [0.717, 1.165) is 18.2 Å². The minimum atomic E-state index is -3.28. The van der Waals surface area contributed by atoms with Gasteiger partial charge in [0.15, 0.2) is 0 Å². The standard InChI is InChI=1S/C14H22N2O3S/c1-4-9-15-14(17)12-8-6-7-11(10-12)13(5-2)16-20(3,18)19/h6-8,10,13,16H,4-5,9H2,1-3H3,(H,15,17). The molecule has 112 valence electrons. The average Bonchev–Trinajstić information content (AvgIpc) is 2.41. The van der Waals surface area contributed by atoms with E-state index in [2.05, 4.69) is 10.0 Å². The van der Waals surface area contributed by atoms with Gasteiger partial charge >= 0.3 is 0 Å². The SMILES string of the molecule is CCCNC(=O)c1cccc(C(CC)NS(C)(=O)=O)c1. The largest absolute Gasteiger partial charge is 0.352 e. The molecule has 0 saturated carbocycles. The van der Waals surface area contributed by atoms with Crippen LogP contribution in [0.15, 0.2) is 24.3 Å². The van der Waals surface area contributed by atoms with E-state index < -0.39 is 10.0 Å². The first-order chi connectivity index (χ1) is 9.37. The molecular weight excluding hydrogens is 276 g/mol. The summed E-state index contributed by atoms with van der Waals surface area (Å²) in [7, 11) is -3.28. The van der Waals surface area contributed by atoms with E-state index in [4.69, 9.17) is 0 Å². The van der Waals surface area contributed by atoms with Crippen molar-refractivity contribution in [2.45, 2.75) is 32.7 Å². The molecule has 0 fully saturated rings. The van der Waals surface area contributed by atoms with Gasteiger partial charge in [-0.2, -0.15) is 0 Å². The molecule has 1 rings (SSSR count). The van der Waals surface area contributed by atoms with Crippen molar-refractivity contribution in [3.05, 3.63) is 35.4 Å². The van der Waals surface area contributed by atoms with Crippen LogP contribution in [0.3, 0.4) is 0 Å². The minimum absolute atomic E-state index is 0.136. The van der Waals surface area contributed by atoms with Crippen LogP contribution >= 0.6 is 0 Å². The van der Waals surface area contributed by atoms with Gasteiger partial charge in [0.2, 0.25) is 10.0 Å². The van der Waals surface area contributed by atoms with Crippen LogP contribution in [0.25, 0.3) is 0 Å². The van der Waals surface area contributed by atoms with Gasteiger partial charge in [-0.25, -0.2) is 13.1 Å². The number of rotatable bonds is 7. The molecule has 0 saturated heterocycles. The molecule has 0 aliphatic carbocycles. The first-order valence-corrected chi connectivity index (χ1v) is 8.62. The summed E-state index contributed by atoms with van der Waals surface area (Å²) in [6, 6.07) is 6.73. The highest BCUT2D eigenvalue weighted by Crippen LogP contribution is 2.18. The summed E-state index contributed by atoms with van der Waals surface area (Å²) >= 11 is 0. The van der Waals surface area contributed by atoms with Crippen molar-refractivity contribution in [2.24, 2.45) is 0 Å². The number of carbonyl (C=O) groups is 1. The lowest BCUT2D eigenvalue weighted by molar-refractivity contribution is 0.0953. The lowest BCUT2D eigenvalue weighted by Gasteiger charge is -2.16. The maximum absolute atomic E-state index is 11.9. The Balaban J connectivity index is 2.93. The smallest absolute Gasteiger partial charge is 0.251 e. The second-order valence-corrected chi connectivity index (χ2v) is 6.51. The zero-order valence-electron chi connectivity index (χ0n) is 12.1. The van der Waals surface area contributed by atoms with Gasteiger partial charge in [0.25, 0.3) is 5.91 Å². The maximum atomic E-state index is 11.9. The van der Waals surface area contributed by atoms with Gasteiger partial charge in [-0.05, 0) is 30.5 Å². The molecule has 0 aliphatic heterocycles. The zero-order chi connectivity index (χ0) is 15.2. The molecular formula is C14H22N2O3S. The lowest BCUT2D eigenvalue weighted by atomic mass is 10.0. The minimum Gasteiger partial charge on any atom is -0.352 e. The number of carbonyl (C=O) groups excluding carboxylic acids is 1. The Morgan fingerprint density at radius 1 is 1.30 bits per heavy atom. The highest BCUT2D eigenvalue weighted by atomic mass is 32.2. The molecule has 1 aromatic carbocycles. The van der Waals surface area contributed by atoms with Gasteiger partial charge < -0.3 is 5.32 Å². The van der Waals surface area contributed by atoms with E-state index in [1.165, 1.54) is 0 Å². The Hall–Kier alpha value is -1.40. The van der Waals surface area contributed by atoms with Crippen LogP contribution in [0, 0.1) is 0 Å². The van der Waals surface area contributed by atoms with Crippen molar-refractivity contribution in [3.8, 4) is 0 Å². The molecule has 5 nitrogen and oxygen atoms in total. The van der Waals surface area contributed by atoms with Crippen LogP contribution < -0.4 is 10.0 Å². The summed E-state index contributed by atoms with van der Waals surface area (Å²) in [5.41, 5.74) is 1.34. The van der Waals surface area contributed by atoms with Gasteiger partial charge in [0.1, 0.15) is 0 Å². The molecule has 1 aromatic rings. The Bertz CT molecular complexity index is 555. The van der Waals surface area contributed by atoms with Crippen molar-refractivity contribution in [1.29, 1.82) is 0 Å². The lowest BCUT2D eigenvalue weighted by Crippen LogP contribution is -2.28. The van der Waals surface area contributed by atoms with Gasteiger partial charge in [-0.15, -0.1) is 0 Å². The van der Waals surface area contributed by atoms with E-state index >= 15 is 0 Å². The number of nitrogens with one attached hydrogen (secondary N) is 2. The van der Waals surface area contributed by atoms with Gasteiger partial charge in [0, 0.05) is 18.2 Å². The Morgan fingerprint density at radius 3 is 2.55 bits per heavy atom. The van der Waals surface area contributed by atoms with E-state index in [1.807, 2.05) is 19.9 Å². The highest BCUT2D eigenvalue weighted by Gasteiger charge is 2.15. The van der Waals surface area contributed by atoms with E-state index in [1.54, 1.807) is 18.2 Å². The predicted molar refractivity (Wildman–Crippen MR) is 80.1 cm³/mol. The molecule has 2 N–H and O–H groups in total. The molecule has 1 amide bonds. The summed E-state index contributed by atoms with van der Waals surface area (Å²) in [6.45, 7) is 4.51. The third-order valence-corrected chi connectivity index (χ3v) is 3.56. The Kier molecular flexibility index (Phi) is 6.16. The summed E-state index contributed by atoms with van der Waals surface area (Å²) in [5.74, 6) is -0.136. The Morgan fingerprint density at radius 2 is 2.00 bits per heavy atom. The van der Waals surface area contributed by atoms with Crippen molar-refractivity contribution in [2.75, 3.05) is 12.8 Å². The Labute approximate surface area is 120 Å². The quantitative estimate of drug-likeness (QED) is 0.806. The first kappa shape index (κ1) is 16.7. The van der Waals surface area contributed by atoms with Gasteiger partial charge in [-0.1, -0.05) is 26.0 Å².